The normalized spacial score (nSPS) is 11.8. The van der Waals surface area contributed by atoms with E-state index in [0.717, 1.165) is 110 Å². The van der Waals surface area contributed by atoms with Gasteiger partial charge in [0.1, 0.15) is 6.54 Å². The Morgan fingerprint density at radius 2 is 1.03 bits per heavy atom. The predicted octanol–water partition coefficient (Wildman–Crippen LogP) is 6.91. The summed E-state index contributed by atoms with van der Waals surface area (Å²) in [5, 5.41) is 40.5. The lowest BCUT2D eigenvalue weighted by molar-refractivity contribution is -0.697. The number of aromatic nitrogens is 1. The van der Waals surface area contributed by atoms with Gasteiger partial charge in [-0.1, -0.05) is 76.2 Å². The molecule has 0 saturated carbocycles. The van der Waals surface area contributed by atoms with E-state index in [1.807, 2.05) is 101 Å². The molecule has 0 aliphatic heterocycles. The molecule has 0 unspecified atom stereocenters. The molecule has 1 aromatic heterocycles. The van der Waals surface area contributed by atoms with Crippen molar-refractivity contribution < 1.29 is 34.6 Å². The molecule has 0 bridgehead atoms. The molecule has 12 nitrogen and oxygen atoms in total. The average molecular weight is 946 g/mol. The van der Waals surface area contributed by atoms with Crippen LogP contribution in [0.2, 0.25) is 0 Å². The van der Waals surface area contributed by atoms with Crippen molar-refractivity contribution in [3.63, 3.8) is 0 Å². The van der Waals surface area contributed by atoms with Crippen LogP contribution < -0.4 is 19.7 Å². The highest BCUT2D eigenvalue weighted by Crippen LogP contribution is 2.24. The Bertz CT molecular complexity index is 1880. The Labute approximate surface area is 403 Å². The number of nitrogens with zero attached hydrogens (tertiary/aromatic N) is 5. The van der Waals surface area contributed by atoms with Gasteiger partial charge >= 0.3 is 0 Å². The molecule has 2 amide bonds. The number of unbranched alkanes of at least 4 members (excludes halogenated alkanes) is 2. The molecule has 2 aromatic carbocycles. The van der Waals surface area contributed by atoms with Crippen LogP contribution in [0.3, 0.4) is 0 Å². The van der Waals surface area contributed by atoms with Crippen LogP contribution in [-0.4, -0.2) is 140 Å². The number of aliphatic hydroxyl groups excluding tert-OH is 4. The van der Waals surface area contributed by atoms with Crippen LogP contribution in [0.1, 0.15) is 75.0 Å². The molecular formula is C52H77N6O6S2+. The first kappa shape index (κ1) is 55.8. The van der Waals surface area contributed by atoms with E-state index >= 15 is 0 Å². The number of hydrogen-bond donors (Lipinski definition) is 5. The molecule has 3 rings (SSSR count). The first-order valence-electron chi connectivity index (χ1n) is 23.5. The van der Waals surface area contributed by atoms with Crippen LogP contribution >= 0.6 is 21.6 Å². The number of rotatable bonds is 35. The van der Waals surface area contributed by atoms with Gasteiger partial charge in [0.2, 0.25) is 11.8 Å². The highest BCUT2D eigenvalue weighted by Gasteiger charge is 2.11. The van der Waals surface area contributed by atoms with E-state index in [-0.39, 0.29) is 38.2 Å². The second-order valence-electron chi connectivity index (χ2n) is 16.1. The molecule has 0 fully saturated rings. The zero-order valence-corrected chi connectivity index (χ0v) is 41.3. The molecule has 0 spiro atoms. The minimum Gasteiger partial charge on any atom is -0.395 e. The molecule has 0 saturated heterocycles. The standard InChI is InChI=1S/C52H77N6O6S2/c1-4-45(13-14-46-17-21-49(22-18-46)57(35-39-59)36-40-60)25-29-53-28-5-6-30-54(2)51(63)11-9-43-65-66-44-10-12-52(64)55(3)31-7-8-32-56-33-26-48(27-34-56)16-15-47-19-23-50(24-20-47)58(37-41-61)38-42-62/h4,13-27,29,33-34,53,59-62H,5-12,28,30-32,35-44H2,1-3H3/q+1/b14-13+,29-25-,45-4-. The van der Waals surface area contributed by atoms with Gasteiger partial charge in [0.25, 0.3) is 0 Å². The third kappa shape index (κ3) is 23.2. The molecule has 0 aliphatic rings. The molecule has 0 aliphatic carbocycles. The van der Waals surface area contributed by atoms with Crippen molar-refractivity contribution in [2.75, 3.05) is 108 Å². The highest BCUT2D eigenvalue weighted by atomic mass is 33.1. The van der Waals surface area contributed by atoms with Crippen molar-refractivity contribution in [2.24, 2.45) is 0 Å². The van der Waals surface area contributed by atoms with Crippen LogP contribution in [0.25, 0.3) is 18.2 Å². The summed E-state index contributed by atoms with van der Waals surface area (Å²) in [5.41, 5.74) is 6.30. The monoisotopic (exact) mass is 946 g/mol. The Morgan fingerprint density at radius 3 is 1.50 bits per heavy atom. The van der Waals surface area contributed by atoms with E-state index in [4.69, 9.17) is 0 Å². The van der Waals surface area contributed by atoms with Crippen molar-refractivity contribution in [3.8, 4) is 0 Å². The van der Waals surface area contributed by atoms with Crippen LogP contribution in [0, 0.1) is 0 Å². The van der Waals surface area contributed by atoms with Gasteiger partial charge in [0, 0.05) is 114 Å². The lowest BCUT2D eigenvalue weighted by atomic mass is 10.1. The SMILES string of the molecule is C/C=C(\C=C/NCCCCN(C)C(=O)CCCSSCCCC(=O)N(C)CCCC[n+]1ccc(/C=C/c2ccc(N(CCO)CCO)cc2)cc1)/C=C/c1ccc(N(CCO)CCO)cc1. The van der Waals surface area contributed by atoms with E-state index in [9.17, 15) is 30.0 Å². The van der Waals surface area contributed by atoms with Gasteiger partial charge in [-0.15, -0.1) is 0 Å². The maximum atomic E-state index is 12.7. The molecule has 66 heavy (non-hydrogen) atoms. The maximum Gasteiger partial charge on any atom is 0.222 e. The van der Waals surface area contributed by atoms with Crippen LogP contribution in [-0.2, 0) is 16.1 Å². The summed E-state index contributed by atoms with van der Waals surface area (Å²) in [6.07, 6.45) is 25.2. The zero-order chi connectivity index (χ0) is 47.6. The van der Waals surface area contributed by atoms with Crippen LogP contribution in [0.15, 0.2) is 103 Å². The third-order valence-electron chi connectivity index (χ3n) is 11.0. The molecule has 1 heterocycles. The topological polar surface area (TPSA) is 144 Å². The van der Waals surface area contributed by atoms with Crippen molar-refractivity contribution in [1.29, 1.82) is 0 Å². The molecule has 0 atom stereocenters. The summed E-state index contributed by atoms with van der Waals surface area (Å²) in [5.74, 6) is 2.23. The van der Waals surface area contributed by atoms with Gasteiger partial charge in [-0.05, 0) is 97.8 Å². The number of pyridine rings is 1. The summed E-state index contributed by atoms with van der Waals surface area (Å²) in [4.78, 5) is 32.9. The van der Waals surface area contributed by atoms with Crippen LogP contribution in [0.5, 0.6) is 0 Å². The number of carbonyl (C=O) groups excluding carboxylic acids is 2. The second kappa shape index (κ2) is 34.7. The Kier molecular flexibility index (Phi) is 29.3. The average Bonchev–Trinajstić information content (AvgIpc) is 3.33. The maximum absolute atomic E-state index is 12.7. The number of allylic oxidation sites excluding steroid dienone is 4. The summed E-state index contributed by atoms with van der Waals surface area (Å²) in [6.45, 7) is 7.37. The fraction of sp³-hybridized carbons (Fsp3) is 0.481. The molecule has 0 radical (unpaired) electrons. The summed E-state index contributed by atoms with van der Waals surface area (Å²) < 4.78 is 2.18. The fourth-order valence-electron chi connectivity index (χ4n) is 6.95. The van der Waals surface area contributed by atoms with E-state index in [1.54, 1.807) is 21.6 Å². The first-order chi connectivity index (χ1) is 32.2. The van der Waals surface area contributed by atoms with E-state index < -0.39 is 0 Å². The van der Waals surface area contributed by atoms with E-state index in [1.165, 1.54) is 0 Å². The zero-order valence-electron chi connectivity index (χ0n) is 39.7. The van der Waals surface area contributed by atoms with Crippen molar-refractivity contribution >= 4 is 63.0 Å². The smallest absolute Gasteiger partial charge is 0.222 e. The largest absolute Gasteiger partial charge is 0.395 e. The number of anilines is 2. The van der Waals surface area contributed by atoms with Gasteiger partial charge in [0.15, 0.2) is 12.4 Å². The number of aliphatic hydroxyl groups is 4. The Hall–Kier alpha value is -4.57. The molecule has 14 heteroatoms. The van der Waals surface area contributed by atoms with Gasteiger partial charge in [0.05, 0.1) is 26.4 Å². The van der Waals surface area contributed by atoms with Crippen molar-refractivity contribution in [3.05, 3.63) is 120 Å². The first-order valence-corrected chi connectivity index (χ1v) is 26.0. The van der Waals surface area contributed by atoms with Gasteiger partial charge in [-0.3, -0.25) is 9.59 Å². The molecule has 3 aromatic rings. The third-order valence-corrected chi connectivity index (χ3v) is 13.5. The number of hydrogen-bond acceptors (Lipinski definition) is 11. The minimum atomic E-state index is 0.0413. The van der Waals surface area contributed by atoms with Crippen LogP contribution in [0.4, 0.5) is 11.4 Å². The highest BCUT2D eigenvalue weighted by molar-refractivity contribution is 8.76. The van der Waals surface area contributed by atoms with Crippen molar-refractivity contribution in [2.45, 2.75) is 64.8 Å². The fourth-order valence-corrected chi connectivity index (χ4v) is 9.12. The number of amides is 2. The van der Waals surface area contributed by atoms with Crippen molar-refractivity contribution in [1.82, 2.24) is 15.1 Å². The lowest BCUT2D eigenvalue weighted by Crippen LogP contribution is -2.33. The predicted molar refractivity (Wildman–Crippen MR) is 278 cm³/mol. The quantitative estimate of drug-likeness (QED) is 0.0182. The Balaban J connectivity index is 1.16. The molecular weight excluding hydrogens is 869 g/mol. The van der Waals surface area contributed by atoms with Gasteiger partial charge in [-0.25, -0.2) is 4.57 Å². The number of nitrogens with one attached hydrogen (secondary N) is 1. The van der Waals surface area contributed by atoms with E-state index in [0.29, 0.717) is 39.0 Å². The second-order valence-corrected chi connectivity index (χ2v) is 18.8. The van der Waals surface area contributed by atoms with Gasteiger partial charge in [-0.2, -0.15) is 0 Å². The summed E-state index contributed by atoms with van der Waals surface area (Å²) in [6, 6.07) is 20.4. The lowest BCUT2D eigenvalue weighted by Gasteiger charge is -2.22. The molecule has 5 N–H and O–H groups in total. The Morgan fingerprint density at radius 1 is 0.576 bits per heavy atom. The summed E-state index contributed by atoms with van der Waals surface area (Å²) in [7, 11) is 7.37. The minimum absolute atomic E-state index is 0.0413. The molecule has 362 valence electrons. The summed E-state index contributed by atoms with van der Waals surface area (Å²) >= 11 is 0. The number of benzene rings is 2. The number of carbonyl (C=O) groups is 2. The van der Waals surface area contributed by atoms with Gasteiger partial charge < -0.3 is 45.3 Å². The number of aryl methyl sites for hydroxylation is 1. The van der Waals surface area contributed by atoms with E-state index in [2.05, 4.69) is 64.8 Å².